The van der Waals surface area contributed by atoms with E-state index in [0.29, 0.717) is 11.4 Å². The number of ether oxygens (including phenoxy) is 1. The molecule has 0 unspecified atom stereocenters. The first kappa shape index (κ1) is 19.0. The molecule has 0 aliphatic heterocycles. The molecule has 2 aromatic carbocycles. The van der Waals surface area contributed by atoms with Gasteiger partial charge < -0.3 is 10.1 Å². The second kappa shape index (κ2) is 7.67. The zero-order valence-corrected chi connectivity index (χ0v) is 15.5. The number of nitrogens with zero attached hydrogens (tertiary/aromatic N) is 1. The van der Waals surface area contributed by atoms with E-state index in [1.54, 1.807) is 36.4 Å². The molecular formula is C18H22N2O4S. The van der Waals surface area contributed by atoms with Gasteiger partial charge in [0.15, 0.2) is 0 Å². The van der Waals surface area contributed by atoms with E-state index in [1.807, 2.05) is 13.8 Å². The van der Waals surface area contributed by atoms with Gasteiger partial charge in [0.2, 0.25) is 10.0 Å². The first-order chi connectivity index (χ1) is 11.7. The molecule has 134 valence electrons. The zero-order valence-electron chi connectivity index (χ0n) is 14.7. The minimum absolute atomic E-state index is 0.0711. The summed E-state index contributed by atoms with van der Waals surface area (Å²) in [5, 5.41) is 2.74. The molecule has 25 heavy (non-hydrogen) atoms. The summed E-state index contributed by atoms with van der Waals surface area (Å²) in [6.07, 6.45) is 0.0711. The van der Waals surface area contributed by atoms with Crippen molar-refractivity contribution in [2.75, 3.05) is 19.4 Å². The molecule has 0 spiro atoms. The maximum atomic E-state index is 12.4. The average molecular weight is 362 g/mol. The SMILES string of the molecule is CC(C)Oc1ccc(NC(=O)c2cccc(S(=O)(=O)N(C)C)c2)cc1. The van der Waals surface area contributed by atoms with Crippen molar-refractivity contribution < 1.29 is 17.9 Å². The highest BCUT2D eigenvalue weighted by Gasteiger charge is 2.18. The average Bonchev–Trinajstić information content (AvgIpc) is 2.56. The van der Waals surface area contributed by atoms with Crippen molar-refractivity contribution in [3.8, 4) is 5.75 Å². The summed E-state index contributed by atoms with van der Waals surface area (Å²) in [7, 11) is -0.692. The molecule has 1 N–H and O–H groups in total. The van der Waals surface area contributed by atoms with Crippen molar-refractivity contribution in [3.63, 3.8) is 0 Å². The van der Waals surface area contributed by atoms with Gasteiger partial charge in [-0.15, -0.1) is 0 Å². The summed E-state index contributed by atoms with van der Waals surface area (Å²) in [4.78, 5) is 12.4. The molecule has 0 aliphatic carbocycles. The third kappa shape index (κ3) is 4.80. The van der Waals surface area contributed by atoms with Gasteiger partial charge in [-0.2, -0.15) is 0 Å². The molecule has 2 rings (SSSR count). The van der Waals surface area contributed by atoms with Gasteiger partial charge in [-0.1, -0.05) is 6.07 Å². The van der Waals surface area contributed by atoms with E-state index in [9.17, 15) is 13.2 Å². The van der Waals surface area contributed by atoms with Crippen molar-refractivity contribution in [2.45, 2.75) is 24.8 Å². The fraction of sp³-hybridized carbons (Fsp3) is 0.278. The van der Waals surface area contributed by atoms with Crippen molar-refractivity contribution in [1.29, 1.82) is 0 Å². The molecule has 0 saturated heterocycles. The standard InChI is InChI=1S/C18H22N2O4S/c1-13(2)24-16-10-8-15(9-11-16)19-18(21)14-6-5-7-17(12-14)25(22,23)20(3)4/h5-13H,1-4H3,(H,19,21). The van der Waals surface area contributed by atoms with E-state index in [4.69, 9.17) is 4.74 Å². The lowest BCUT2D eigenvalue weighted by atomic mass is 10.2. The fourth-order valence-corrected chi connectivity index (χ4v) is 3.05. The molecule has 1 amide bonds. The summed E-state index contributed by atoms with van der Waals surface area (Å²) in [6.45, 7) is 3.87. The van der Waals surface area contributed by atoms with Crippen LogP contribution >= 0.6 is 0 Å². The Morgan fingerprint density at radius 2 is 1.72 bits per heavy atom. The summed E-state index contributed by atoms with van der Waals surface area (Å²) < 4.78 is 31.0. The van der Waals surface area contributed by atoms with Gasteiger partial charge in [-0.25, -0.2) is 12.7 Å². The van der Waals surface area contributed by atoms with Crippen LogP contribution in [0.2, 0.25) is 0 Å². The Labute approximate surface area is 148 Å². The smallest absolute Gasteiger partial charge is 0.255 e. The lowest BCUT2D eigenvalue weighted by Gasteiger charge is -2.13. The Morgan fingerprint density at radius 1 is 1.08 bits per heavy atom. The molecule has 0 bridgehead atoms. The number of hydrogen-bond donors (Lipinski definition) is 1. The highest BCUT2D eigenvalue weighted by atomic mass is 32.2. The molecule has 0 saturated carbocycles. The van der Waals surface area contributed by atoms with Gasteiger partial charge in [-0.05, 0) is 56.3 Å². The second-order valence-corrected chi connectivity index (χ2v) is 8.11. The molecule has 0 fully saturated rings. The van der Waals surface area contributed by atoms with Crippen LogP contribution in [0.15, 0.2) is 53.4 Å². The van der Waals surface area contributed by atoms with Gasteiger partial charge >= 0.3 is 0 Å². The molecule has 0 atom stereocenters. The minimum atomic E-state index is -3.59. The number of nitrogens with one attached hydrogen (secondary N) is 1. The first-order valence-electron chi connectivity index (χ1n) is 7.81. The Morgan fingerprint density at radius 3 is 2.28 bits per heavy atom. The number of anilines is 1. The molecular weight excluding hydrogens is 340 g/mol. The first-order valence-corrected chi connectivity index (χ1v) is 9.25. The Kier molecular flexibility index (Phi) is 5.81. The zero-order chi connectivity index (χ0) is 18.6. The molecule has 0 aromatic heterocycles. The van der Waals surface area contributed by atoms with E-state index in [0.717, 1.165) is 4.31 Å². The number of hydrogen-bond acceptors (Lipinski definition) is 4. The predicted octanol–water partition coefficient (Wildman–Crippen LogP) is 2.98. The molecule has 0 heterocycles. The van der Waals surface area contributed by atoms with Gasteiger partial charge in [0.1, 0.15) is 5.75 Å². The highest BCUT2D eigenvalue weighted by Crippen LogP contribution is 2.19. The molecule has 0 aliphatic rings. The number of rotatable bonds is 6. The Balaban J connectivity index is 2.16. The van der Waals surface area contributed by atoms with Crippen LogP contribution in [-0.4, -0.2) is 38.8 Å². The third-order valence-corrected chi connectivity index (χ3v) is 5.17. The summed E-state index contributed by atoms with van der Waals surface area (Å²) in [5.74, 6) is 0.334. The minimum Gasteiger partial charge on any atom is -0.491 e. The van der Waals surface area contributed by atoms with E-state index in [1.165, 1.54) is 26.2 Å². The van der Waals surface area contributed by atoms with Gasteiger partial charge in [-0.3, -0.25) is 4.79 Å². The third-order valence-electron chi connectivity index (χ3n) is 3.36. The van der Waals surface area contributed by atoms with Crippen LogP contribution in [0.25, 0.3) is 0 Å². The molecule has 2 aromatic rings. The fourth-order valence-electron chi connectivity index (χ4n) is 2.10. The van der Waals surface area contributed by atoms with Crippen LogP contribution in [0.5, 0.6) is 5.75 Å². The van der Waals surface area contributed by atoms with Gasteiger partial charge in [0.25, 0.3) is 5.91 Å². The van der Waals surface area contributed by atoms with E-state index < -0.39 is 10.0 Å². The van der Waals surface area contributed by atoms with Crippen LogP contribution < -0.4 is 10.1 Å². The molecule has 6 nitrogen and oxygen atoms in total. The van der Waals surface area contributed by atoms with Crippen molar-refractivity contribution >= 4 is 21.6 Å². The maximum absolute atomic E-state index is 12.4. The van der Waals surface area contributed by atoms with Crippen LogP contribution in [0, 0.1) is 0 Å². The Hall–Kier alpha value is -2.38. The van der Waals surface area contributed by atoms with Crippen molar-refractivity contribution in [2.24, 2.45) is 0 Å². The van der Waals surface area contributed by atoms with Crippen LogP contribution in [0.4, 0.5) is 5.69 Å². The van der Waals surface area contributed by atoms with E-state index in [2.05, 4.69) is 5.32 Å². The molecule has 7 heteroatoms. The summed E-state index contributed by atoms with van der Waals surface area (Å²) in [6, 6.07) is 12.9. The van der Waals surface area contributed by atoms with Crippen LogP contribution in [-0.2, 0) is 10.0 Å². The van der Waals surface area contributed by atoms with Crippen LogP contribution in [0.1, 0.15) is 24.2 Å². The van der Waals surface area contributed by atoms with Gasteiger partial charge in [0.05, 0.1) is 11.0 Å². The number of amides is 1. The summed E-state index contributed by atoms with van der Waals surface area (Å²) in [5.41, 5.74) is 0.868. The monoisotopic (exact) mass is 362 g/mol. The summed E-state index contributed by atoms with van der Waals surface area (Å²) >= 11 is 0. The van der Waals surface area contributed by atoms with E-state index in [-0.39, 0.29) is 22.5 Å². The second-order valence-electron chi connectivity index (χ2n) is 5.96. The van der Waals surface area contributed by atoms with Crippen LogP contribution in [0.3, 0.4) is 0 Å². The largest absolute Gasteiger partial charge is 0.491 e. The number of benzene rings is 2. The number of sulfonamides is 1. The van der Waals surface area contributed by atoms with Crippen molar-refractivity contribution in [1.82, 2.24) is 4.31 Å². The van der Waals surface area contributed by atoms with Crippen molar-refractivity contribution in [3.05, 3.63) is 54.1 Å². The quantitative estimate of drug-likeness (QED) is 0.857. The van der Waals surface area contributed by atoms with Gasteiger partial charge in [0, 0.05) is 25.3 Å². The maximum Gasteiger partial charge on any atom is 0.255 e. The molecule has 0 radical (unpaired) electrons. The number of carbonyl (C=O) groups excluding carboxylic acids is 1. The lowest BCUT2D eigenvalue weighted by molar-refractivity contribution is 0.102. The van der Waals surface area contributed by atoms with E-state index >= 15 is 0 Å². The number of carbonyl (C=O) groups is 1. The predicted molar refractivity (Wildman–Crippen MR) is 97.5 cm³/mol. The topological polar surface area (TPSA) is 75.7 Å². The lowest BCUT2D eigenvalue weighted by Crippen LogP contribution is -2.22. The highest BCUT2D eigenvalue weighted by molar-refractivity contribution is 7.89. The Bertz CT molecular complexity index is 844. The normalized spacial score (nSPS) is 11.6.